The van der Waals surface area contributed by atoms with Crippen LogP contribution in [-0.4, -0.2) is 65.8 Å². The van der Waals surface area contributed by atoms with Crippen molar-refractivity contribution in [3.63, 3.8) is 0 Å². The molecule has 1 aromatic carbocycles. The number of phenolic OH excluding ortho intramolecular Hbond substituents is 1. The standard InChI is InChI=1S/C28H39N5O/c1-18-15-19(2)31-26(30-18)32(4)24-8-10-27-9-7-22(24)28(27)11-13-33(14-12-29-3)25(27)16-20-5-6-21(34)17-23(20)28/h5-6,15,17,22,24-25,29,34H,7-14,16H2,1-4H3. The minimum absolute atomic E-state index is 0.135. The van der Waals surface area contributed by atoms with E-state index in [0.29, 0.717) is 29.2 Å². The molecule has 34 heavy (non-hydrogen) atoms. The molecule has 182 valence electrons. The lowest BCUT2D eigenvalue weighted by Crippen LogP contribution is -2.70. The van der Waals surface area contributed by atoms with Crippen molar-refractivity contribution < 1.29 is 5.11 Å². The van der Waals surface area contributed by atoms with E-state index < -0.39 is 0 Å². The van der Waals surface area contributed by atoms with E-state index in [1.165, 1.54) is 43.2 Å². The van der Waals surface area contributed by atoms with Gasteiger partial charge >= 0.3 is 0 Å². The lowest BCUT2D eigenvalue weighted by atomic mass is 9.43. The average Bonchev–Trinajstić information content (AvgIpc) is 3.04. The number of nitrogens with zero attached hydrogens (tertiary/aromatic N) is 4. The molecule has 6 heteroatoms. The number of likely N-dealkylation sites (N-methyl/N-ethyl adjacent to an activating group) is 1. The second-order valence-corrected chi connectivity index (χ2v) is 11.4. The van der Waals surface area contributed by atoms with Crippen LogP contribution >= 0.6 is 0 Å². The summed E-state index contributed by atoms with van der Waals surface area (Å²) in [6.07, 6.45) is 7.31. The van der Waals surface area contributed by atoms with Gasteiger partial charge in [0.05, 0.1) is 0 Å². The van der Waals surface area contributed by atoms with Gasteiger partial charge in [-0.25, -0.2) is 9.97 Å². The SMILES string of the molecule is CNCCN1CCC23c4cc(O)ccc4CC1C21CCC(N(C)c2nc(C)cc(C)n2)C3CC1. The second-order valence-electron chi connectivity index (χ2n) is 11.4. The quantitative estimate of drug-likeness (QED) is 0.710. The minimum atomic E-state index is 0.135. The van der Waals surface area contributed by atoms with Crippen LogP contribution in [0.5, 0.6) is 5.75 Å². The monoisotopic (exact) mass is 461 g/mol. The highest BCUT2D eigenvalue weighted by Crippen LogP contribution is 2.72. The van der Waals surface area contributed by atoms with Crippen LogP contribution in [0.25, 0.3) is 0 Å². The van der Waals surface area contributed by atoms with Gasteiger partial charge in [0.15, 0.2) is 0 Å². The van der Waals surface area contributed by atoms with Crippen LogP contribution in [0.15, 0.2) is 24.3 Å². The Morgan fingerprint density at radius 2 is 1.88 bits per heavy atom. The van der Waals surface area contributed by atoms with Crippen LogP contribution in [0.1, 0.15) is 54.6 Å². The average molecular weight is 462 g/mol. The summed E-state index contributed by atoms with van der Waals surface area (Å²) in [6.45, 7) is 7.45. The van der Waals surface area contributed by atoms with E-state index in [4.69, 9.17) is 9.97 Å². The predicted molar refractivity (Wildman–Crippen MR) is 135 cm³/mol. The van der Waals surface area contributed by atoms with E-state index >= 15 is 0 Å². The number of nitrogens with one attached hydrogen (secondary N) is 1. The maximum atomic E-state index is 10.6. The summed E-state index contributed by atoms with van der Waals surface area (Å²) >= 11 is 0. The number of aromatic hydroxyl groups is 1. The van der Waals surface area contributed by atoms with E-state index in [1.54, 1.807) is 0 Å². The molecule has 1 aromatic heterocycles. The molecule has 4 bridgehead atoms. The molecule has 1 saturated heterocycles. The van der Waals surface area contributed by atoms with Crippen LogP contribution in [0, 0.1) is 25.2 Å². The van der Waals surface area contributed by atoms with Crippen molar-refractivity contribution in [2.45, 2.75) is 69.9 Å². The van der Waals surface area contributed by atoms with Gasteiger partial charge in [0.1, 0.15) is 5.75 Å². The molecule has 6 nitrogen and oxygen atoms in total. The summed E-state index contributed by atoms with van der Waals surface area (Å²) in [5, 5.41) is 14.0. The maximum absolute atomic E-state index is 10.6. The van der Waals surface area contributed by atoms with Gasteiger partial charge in [-0.2, -0.15) is 0 Å². The van der Waals surface area contributed by atoms with Crippen molar-refractivity contribution in [1.82, 2.24) is 20.2 Å². The van der Waals surface area contributed by atoms with Gasteiger partial charge < -0.3 is 15.3 Å². The Morgan fingerprint density at radius 1 is 1.12 bits per heavy atom. The fourth-order valence-corrected chi connectivity index (χ4v) is 8.91. The summed E-state index contributed by atoms with van der Waals surface area (Å²) in [7, 11) is 4.28. The Bertz CT molecular complexity index is 1080. The van der Waals surface area contributed by atoms with Crippen molar-refractivity contribution in [2.75, 3.05) is 38.6 Å². The van der Waals surface area contributed by atoms with E-state index in [2.05, 4.69) is 61.3 Å². The molecule has 2 aromatic rings. The molecule has 0 spiro atoms. The highest BCUT2D eigenvalue weighted by molar-refractivity contribution is 5.50. The van der Waals surface area contributed by atoms with Crippen LogP contribution in [0.3, 0.4) is 0 Å². The van der Waals surface area contributed by atoms with Crippen LogP contribution in [0.2, 0.25) is 0 Å². The molecule has 3 fully saturated rings. The first kappa shape index (κ1) is 22.3. The Kier molecular flexibility index (Phi) is 5.19. The molecule has 5 unspecified atom stereocenters. The van der Waals surface area contributed by atoms with Gasteiger partial charge in [0.2, 0.25) is 5.95 Å². The zero-order valence-electron chi connectivity index (χ0n) is 21.1. The molecular formula is C28H39N5O. The molecule has 2 heterocycles. The summed E-state index contributed by atoms with van der Waals surface area (Å²) < 4.78 is 0. The summed E-state index contributed by atoms with van der Waals surface area (Å²) in [5.41, 5.74) is 5.44. The van der Waals surface area contributed by atoms with Gasteiger partial charge in [-0.3, -0.25) is 4.90 Å². The Hall–Kier alpha value is -2.18. The number of benzene rings is 1. The number of aromatic nitrogens is 2. The highest BCUT2D eigenvalue weighted by Gasteiger charge is 2.71. The van der Waals surface area contributed by atoms with Gasteiger partial charge in [-0.1, -0.05) is 6.07 Å². The topological polar surface area (TPSA) is 64.5 Å². The van der Waals surface area contributed by atoms with Crippen molar-refractivity contribution in [3.8, 4) is 5.75 Å². The first-order valence-electron chi connectivity index (χ1n) is 13.2. The highest BCUT2D eigenvalue weighted by atomic mass is 16.3. The van der Waals surface area contributed by atoms with Crippen LogP contribution in [-0.2, 0) is 11.8 Å². The van der Waals surface area contributed by atoms with E-state index in [-0.39, 0.29) is 5.41 Å². The maximum Gasteiger partial charge on any atom is 0.225 e. The molecule has 2 saturated carbocycles. The van der Waals surface area contributed by atoms with Gasteiger partial charge in [0, 0.05) is 49.0 Å². The second kappa shape index (κ2) is 7.92. The number of fused-ring (bicyclic) bond motifs is 1. The number of rotatable bonds is 5. The number of piperidine rings is 1. The first-order valence-corrected chi connectivity index (χ1v) is 13.2. The molecule has 4 aliphatic rings. The smallest absolute Gasteiger partial charge is 0.225 e. The number of anilines is 1. The van der Waals surface area contributed by atoms with Crippen molar-refractivity contribution >= 4 is 5.95 Å². The number of phenols is 1. The van der Waals surface area contributed by atoms with Crippen LogP contribution < -0.4 is 10.2 Å². The molecule has 2 N–H and O–H groups in total. The van der Waals surface area contributed by atoms with Crippen LogP contribution in [0.4, 0.5) is 5.95 Å². The molecule has 1 aliphatic heterocycles. The predicted octanol–water partition coefficient (Wildman–Crippen LogP) is 3.58. The summed E-state index contributed by atoms with van der Waals surface area (Å²) in [5.74, 6) is 1.85. The number of likely N-dealkylation sites (tertiary alicyclic amines) is 1. The number of hydrogen-bond donors (Lipinski definition) is 2. The normalized spacial score (nSPS) is 33.9. The molecule has 3 aliphatic carbocycles. The largest absolute Gasteiger partial charge is 0.508 e. The zero-order chi connectivity index (χ0) is 23.7. The molecular weight excluding hydrogens is 422 g/mol. The Labute approximate surface area is 203 Å². The first-order chi connectivity index (χ1) is 16.4. The summed E-state index contributed by atoms with van der Waals surface area (Å²) in [4.78, 5) is 14.9. The lowest BCUT2D eigenvalue weighted by Gasteiger charge is -2.67. The third-order valence-electron chi connectivity index (χ3n) is 10.1. The van der Waals surface area contributed by atoms with Gasteiger partial charge in [-0.15, -0.1) is 0 Å². The fraction of sp³-hybridized carbons (Fsp3) is 0.643. The zero-order valence-corrected chi connectivity index (χ0v) is 21.1. The van der Waals surface area contributed by atoms with E-state index in [0.717, 1.165) is 43.4 Å². The molecule has 0 radical (unpaired) electrons. The van der Waals surface area contributed by atoms with Crippen molar-refractivity contribution in [3.05, 3.63) is 46.8 Å². The van der Waals surface area contributed by atoms with E-state index in [9.17, 15) is 5.11 Å². The Balaban J connectivity index is 1.46. The minimum Gasteiger partial charge on any atom is -0.508 e. The number of hydrogen-bond acceptors (Lipinski definition) is 6. The fourth-order valence-electron chi connectivity index (χ4n) is 8.91. The van der Waals surface area contributed by atoms with Gasteiger partial charge in [-0.05, 0) is 107 Å². The van der Waals surface area contributed by atoms with E-state index in [1.807, 2.05) is 6.07 Å². The van der Waals surface area contributed by atoms with Crippen molar-refractivity contribution in [1.29, 1.82) is 0 Å². The summed E-state index contributed by atoms with van der Waals surface area (Å²) in [6, 6.07) is 9.34. The molecule has 5 atom stereocenters. The lowest BCUT2D eigenvalue weighted by molar-refractivity contribution is -0.0909. The van der Waals surface area contributed by atoms with Crippen molar-refractivity contribution in [2.24, 2.45) is 11.3 Å². The third-order valence-corrected chi connectivity index (χ3v) is 10.1. The number of aryl methyl sites for hydroxylation is 2. The third kappa shape index (κ3) is 2.94. The molecule has 0 amide bonds. The molecule has 6 rings (SSSR count). The van der Waals surface area contributed by atoms with Gasteiger partial charge in [0.25, 0.3) is 0 Å². The Morgan fingerprint density at radius 3 is 2.65 bits per heavy atom.